The number of nitrogen functional groups attached to an aromatic ring is 1. The lowest BCUT2D eigenvalue weighted by Crippen LogP contribution is -2.10. The number of halogens is 1. The van der Waals surface area contributed by atoms with Crippen LogP contribution in [-0.4, -0.2) is 9.78 Å². The van der Waals surface area contributed by atoms with E-state index in [1.807, 2.05) is 11.6 Å². The van der Waals surface area contributed by atoms with Crippen molar-refractivity contribution < 1.29 is 0 Å². The lowest BCUT2D eigenvalue weighted by molar-refractivity contribution is 0.403. The minimum Gasteiger partial charge on any atom is -0.383 e. The molecule has 0 spiro atoms. The van der Waals surface area contributed by atoms with Crippen molar-refractivity contribution >= 4 is 21.7 Å². The lowest BCUT2D eigenvalue weighted by Gasteiger charge is -2.16. The molecule has 0 radical (unpaired) electrons. The Morgan fingerprint density at radius 1 is 1.43 bits per heavy atom. The maximum absolute atomic E-state index is 5.89. The van der Waals surface area contributed by atoms with E-state index in [-0.39, 0.29) is 5.41 Å². The molecule has 1 aromatic rings. The minimum atomic E-state index is 0.238. The first-order valence-corrected chi connectivity index (χ1v) is 5.65. The molecule has 4 heteroatoms. The van der Waals surface area contributed by atoms with Crippen LogP contribution in [0.3, 0.4) is 0 Å². The summed E-state index contributed by atoms with van der Waals surface area (Å²) in [7, 11) is 0. The quantitative estimate of drug-likeness (QED) is 0.888. The molecular weight excluding hydrogens is 242 g/mol. The zero-order chi connectivity index (χ0) is 10.9. The zero-order valence-electron chi connectivity index (χ0n) is 9.26. The highest BCUT2D eigenvalue weighted by molar-refractivity contribution is 9.10. The zero-order valence-corrected chi connectivity index (χ0v) is 10.8. The molecule has 1 heterocycles. The second-order valence-corrected chi connectivity index (χ2v) is 5.49. The van der Waals surface area contributed by atoms with Crippen molar-refractivity contribution in [1.82, 2.24) is 9.78 Å². The molecule has 3 nitrogen and oxygen atoms in total. The van der Waals surface area contributed by atoms with Crippen LogP contribution in [0.5, 0.6) is 0 Å². The van der Waals surface area contributed by atoms with E-state index >= 15 is 0 Å². The topological polar surface area (TPSA) is 43.8 Å². The standard InChI is InChI=1S/C10H18BrN3/c1-5-14-9(12)8(11)7(13-14)6-10(2,3)4/h5-6,12H2,1-4H3. The third-order valence-corrected chi connectivity index (χ3v) is 2.86. The van der Waals surface area contributed by atoms with Crippen molar-refractivity contribution in [2.45, 2.75) is 40.7 Å². The Kier molecular flexibility index (Phi) is 3.24. The van der Waals surface area contributed by atoms with Crippen LogP contribution in [-0.2, 0) is 13.0 Å². The molecule has 0 bridgehead atoms. The summed E-state index contributed by atoms with van der Waals surface area (Å²) >= 11 is 3.49. The number of aromatic nitrogens is 2. The fourth-order valence-corrected chi connectivity index (χ4v) is 1.79. The van der Waals surface area contributed by atoms with Crippen LogP contribution in [0.4, 0.5) is 5.82 Å². The van der Waals surface area contributed by atoms with Crippen molar-refractivity contribution in [3.8, 4) is 0 Å². The molecule has 1 rings (SSSR count). The number of rotatable bonds is 2. The summed E-state index contributed by atoms with van der Waals surface area (Å²) in [5.41, 5.74) is 7.18. The molecule has 0 amide bonds. The van der Waals surface area contributed by atoms with Gasteiger partial charge in [-0.1, -0.05) is 20.8 Å². The maximum atomic E-state index is 5.89. The highest BCUT2D eigenvalue weighted by Crippen LogP contribution is 2.29. The number of nitrogens with two attached hydrogens (primary N) is 1. The monoisotopic (exact) mass is 259 g/mol. The van der Waals surface area contributed by atoms with E-state index in [1.54, 1.807) is 0 Å². The molecule has 0 aliphatic heterocycles. The van der Waals surface area contributed by atoms with Crippen LogP contribution >= 0.6 is 15.9 Å². The molecule has 0 atom stereocenters. The van der Waals surface area contributed by atoms with Gasteiger partial charge in [0, 0.05) is 6.54 Å². The molecule has 0 saturated carbocycles. The van der Waals surface area contributed by atoms with Gasteiger partial charge in [-0.3, -0.25) is 0 Å². The van der Waals surface area contributed by atoms with E-state index in [1.165, 1.54) is 0 Å². The Balaban J connectivity index is 2.99. The van der Waals surface area contributed by atoms with Crippen LogP contribution in [0.15, 0.2) is 4.47 Å². The van der Waals surface area contributed by atoms with Crippen molar-refractivity contribution in [3.05, 3.63) is 10.2 Å². The first kappa shape index (κ1) is 11.6. The SMILES string of the molecule is CCn1nc(CC(C)(C)C)c(Br)c1N. The summed E-state index contributed by atoms with van der Waals surface area (Å²) < 4.78 is 2.78. The normalized spacial score (nSPS) is 12.1. The molecule has 0 aromatic carbocycles. The van der Waals surface area contributed by atoms with Crippen LogP contribution in [0, 0.1) is 5.41 Å². The summed E-state index contributed by atoms with van der Waals surface area (Å²) in [6.45, 7) is 9.44. The van der Waals surface area contributed by atoms with Gasteiger partial charge in [0.15, 0.2) is 0 Å². The van der Waals surface area contributed by atoms with E-state index in [0.29, 0.717) is 0 Å². The molecule has 2 N–H and O–H groups in total. The van der Waals surface area contributed by atoms with Gasteiger partial charge in [-0.15, -0.1) is 0 Å². The summed E-state index contributed by atoms with van der Waals surface area (Å²) in [6, 6.07) is 0. The Morgan fingerprint density at radius 2 is 2.00 bits per heavy atom. The average Bonchev–Trinajstić information content (AvgIpc) is 2.30. The molecule has 0 aliphatic carbocycles. The van der Waals surface area contributed by atoms with Crippen molar-refractivity contribution in [2.75, 3.05) is 5.73 Å². The van der Waals surface area contributed by atoms with Crippen LogP contribution < -0.4 is 5.73 Å². The van der Waals surface area contributed by atoms with Gasteiger partial charge >= 0.3 is 0 Å². The van der Waals surface area contributed by atoms with Crippen molar-refractivity contribution in [3.63, 3.8) is 0 Å². The van der Waals surface area contributed by atoms with Crippen LogP contribution in [0.1, 0.15) is 33.4 Å². The van der Waals surface area contributed by atoms with Gasteiger partial charge in [-0.2, -0.15) is 5.10 Å². The van der Waals surface area contributed by atoms with Gasteiger partial charge in [0.2, 0.25) is 0 Å². The fraction of sp³-hybridized carbons (Fsp3) is 0.700. The van der Waals surface area contributed by atoms with Gasteiger partial charge < -0.3 is 5.73 Å². The van der Waals surface area contributed by atoms with E-state index in [9.17, 15) is 0 Å². The van der Waals surface area contributed by atoms with E-state index in [0.717, 1.165) is 29.0 Å². The minimum absolute atomic E-state index is 0.238. The third-order valence-electron chi connectivity index (χ3n) is 2.00. The summed E-state index contributed by atoms with van der Waals surface area (Å²) in [6.07, 6.45) is 0.935. The molecule has 14 heavy (non-hydrogen) atoms. The van der Waals surface area contributed by atoms with E-state index in [4.69, 9.17) is 5.73 Å². The van der Waals surface area contributed by atoms with Gasteiger partial charge in [-0.25, -0.2) is 4.68 Å². The number of anilines is 1. The number of hydrogen-bond donors (Lipinski definition) is 1. The number of hydrogen-bond acceptors (Lipinski definition) is 2. The summed E-state index contributed by atoms with van der Waals surface area (Å²) in [4.78, 5) is 0. The largest absolute Gasteiger partial charge is 0.383 e. The lowest BCUT2D eigenvalue weighted by atomic mass is 9.91. The second-order valence-electron chi connectivity index (χ2n) is 4.70. The molecule has 0 fully saturated rings. The first-order chi connectivity index (χ1) is 6.35. The first-order valence-electron chi connectivity index (χ1n) is 4.86. The highest BCUT2D eigenvalue weighted by Gasteiger charge is 2.18. The van der Waals surface area contributed by atoms with Gasteiger partial charge in [-0.05, 0) is 34.7 Å². The Morgan fingerprint density at radius 3 is 2.36 bits per heavy atom. The van der Waals surface area contributed by atoms with Crippen LogP contribution in [0.25, 0.3) is 0 Å². The molecular formula is C10H18BrN3. The fourth-order valence-electron chi connectivity index (χ4n) is 1.36. The molecule has 1 aromatic heterocycles. The maximum Gasteiger partial charge on any atom is 0.136 e. The van der Waals surface area contributed by atoms with Gasteiger partial charge in [0.1, 0.15) is 5.82 Å². The molecule has 80 valence electrons. The van der Waals surface area contributed by atoms with E-state index in [2.05, 4.69) is 41.8 Å². The highest BCUT2D eigenvalue weighted by atomic mass is 79.9. The van der Waals surface area contributed by atoms with E-state index < -0.39 is 0 Å². The average molecular weight is 260 g/mol. The Bertz CT molecular complexity index is 323. The Labute approximate surface area is 93.8 Å². The van der Waals surface area contributed by atoms with Gasteiger partial charge in [0.05, 0.1) is 10.2 Å². The number of nitrogens with zero attached hydrogens (tertiary/aromatic N) is 2. The second kappa shape index (κ2) is 3.93. The predicted octanol–water partition coefficient (Wildman–Crippen LogP) is 2.84. The summed E-state index contributed by atoms with van der Waals surface area (Å²) in [5, 5.41) is 4.46. The van der Waals surface area contributed by atoms with Crippen molar-refractivity contribution in [1.29, 1.82) is 0 Å². The molecule has 0 unspecified atom stereocenters. The molecule has 0 aliphatic rings. The number of aryl methyl sites for hydroxylation is 1. The smallest absolute Gasteiger partial charge is 0.136 e. The molecule has 0 saturated heterocycles. The Hall–Kier alpha value is -0.510. The summed E-state index contributed by atoms with van der Waals surface area (Å²) in [5.74, 6) is 0.728. The predicted molar refractivity (Wildman–Crippen MR) is 63.2 cm³/mol. The van der Waals surface area contributed by atoms with Crippen molar-refractivity contribution in [2.24, 2.45) is 5.41 Å². The van der Waals surface area contributed by atoms with Crippen LogP contribution in [0.2, 0.25) is 0 Å². The van der Waals surface area contributed by atoms with Gasteiger partial charge in [0.25, 0.3) is 0 Å². The third kappa shape index (κ3) is 2.50.